The molecule has 0 aromatic rings. The van der Waals surface area contributed by atoms with Gasteiger partial charge in [0.05, 0.1) is 0 Å². The fourth-order valence-electron chi connectivity index (χ4n) is 1.04. The van der Waals surface area contributed by atoms with Crippen molar-refractivity contribution < 1.29 is 8.42 Å². The van der Waals surface area contributed by atoms with Crippen LogP contribution in [0.25, 0.3) is 0 Å². The molecule has 0 bridgehead atoms. The third-order valence-corrected chi connectivity index (χ3v) is 2.94. The maximum atomic E-state index is 10.9. The van der Waals surface area contributed by atoms with Crippen LogP contribution in [0.3, 0.4) is 0 Å². The molecule has 1 aliphatic rings. The summed E-state index contributed by atoms with van der Waals surface area (Å²) in [6.07, 6.45) is 1.88. The molecule has 1 aliphatic heterocycles. The van der Waals surface area contributed by atoms with Crippen LogP contribution in [0, 0.1) is 17.2 Å². The van der Waals surface area contributed by atoms with Gasteiger partial charge in [0.2, 0.25) is 0 Å². The second kappa shape index (κ2) is 3.48. The number of hydrogen-bond donors (Lipinski definition) is 0. The fourth-order valence-corrected chi connectivity index (χ4v) is 2.00. The summed E-state index contributed by atoms with van der Waals surface area (Å²) in [6.45, 7) is 1.80. The van der Waals surface area contributed by atoms with Gasteiger partial charge in [-0.3, -0.25) is 0 Å². The summed E-state index contributed by atoms with van der Waals surface area (Å²) in [5, 5.41) is 8.40. The largest absolute Gasteiger partial charge is 0.274 e. The van der Waals surface area contributed by atoms with E-state index in [9.17, 15) is 8.42 Å². The highest BCUT2D eigenvalue weighted by molar-refractivity contribution is 8.25. The van der Waals surface area contributed by atoms with Crippen LogP contribution in [0.1, 0.15) is 13.3 Å². The molecular formula is C7H7ClN2O2S. The molecule has 0 saturated heterocycles. The van der Waals surface area contributed by atoms with Crippen molar-refractivity contribution in [3.8, 4) is 6.07 Å². The molecule has 4 nitrogen and oxygen atoms in total. The van der Waals surface area contributed by atoms with E-state index in [0.717, 1.165) is 0 Å². The lowest BCUT2D eigenvalue weighted by atomic mass is 10.1. The Morgan fingerprint density at radius 1 is 1.77 bits per heavy atom. The van der Waals surface area contributed by atoms with Crippen LogP contribution in [0.15, 0.2) is 16.8 Å². The van der Waals surface area contributed by atoms with Crippen molar-refractivity contribution in [1.29, 1.82) is 5.26 Å². The maximum absolute atomic E-state index is 10.9. The van der Waals surface area contributed by atoms with Gasteiger partial charge in [-0.2, -0.15) is 5.26 Å². The zero-order valence-corrected chi connectivity index (χ0v) is 8.43. The summed E-state index contributed by atoms with van der Waals surface area (Å²) in [5.74, 6) is -0.0179. The Morgan fingerprint density at radius 2 is 2.38 bits per heavy atom. The summed E-state index contributed by atoms with van der Waals surface area (Å²) in [6, 6.07) is 1.79. The molecule has 0 radical (unpaired) electrons. The van der Waals surface area contributed by atoms with Gasteiger partial charge in [-0.1, -0.05) is 6.92 Å². The molecule has 1 atom stereocenters. The van der Waals surface area contributed by atoms with Gasteiger partial charge in [0, 0.05) is 17.1 Å². The van der Waals surface area contributed by atoms with E-state index in [1.54, 1.807) is 19.1 Å². The molecule has 70 valence electrons. The first-order chi connectivity index (χ1) is 5.93. The fraction of sp³-hybridized carbons (Fsp3) is 0.429. The number of rotatable bonds is 0. The molecule has 0 fully saturated rings. The molecule has 0 aromatic carbocycles. The molecule has 0 N–H and O–H groups in total. The summed E-state index contributed by atoms with van der Waals surface area (Å²) >= 11 is 0. The third kappa shape index (κ3) is 2.54. The van der Waals surface area contributed by atoms with Crippen molar-refractivity contribution in [1.82, 2.24) is 0 Å². The maximum Gasteiger partial charge on any atom is 0.274 e. The van der Waals surface area contributed by atoms with Crippen LogP contribution < -0.4 is 0 Å². The lowest BCUT2D eigenvalue weighted by molar-refractivity contribution is 0.616. The zero-order valence-electron chi connectivity index (χ0n) is 6.86. The molecular weight excluding hydrogens is 212 g/mol. The number of nitrogens with zero attached hydrogens (tertiary/aromatic N) is 2. The van der Waals surface area contributed by atoms with Crippen LogP contribution in [-0.2, 0) is 9.05 Å². The van der Waals surface area contributed by atoms with Crippen LogP contribution in [0.2, 0.25) is 0 Å². The SMILES string of the molecule is C[C@@H]1C=C(C#N)N=C(S(=O)(=O)Cl)C1. The normalized spacial score (nSPS) is 23.0. The molecule has 1 rings (SSSR count). The minimum absolute atomic E-state index is 0.0179. The summed E-state index contributed by atoms with van der Waals surface area (Å²) in [7, 11) is 1.33. The number of hydrogen-bond acceptors (Lipinski definition) is 4. The average molecular weight is 219 g/mol. The molecule has 0 aromatic heterocycles. The van der Waals surface area contributed by atoms with E-state index in [0.29, 0.717) is 0 Å². The van der Waals surface area contributed by atoms with Gasteiger partial charge in [-0.25, -0.2) is 13.4 Å². The smallest absolute Gasteiger partial charge is 0.229 e. The van der Waals surface area contributed by atoms with E-state index in [1.807, 2.05) is 0 Å². The predicted molar refractivity (Wildman–Crippen MR) is 49.7 cm³/mol. The van der Waals surface area contributed by atoms with Gasteiger partial charge < -0.3 is 0 Å². The summed E-state index contributed by atoms with van der Waals surface area (Å²) < 4.78 is 21.8. The van der Waals surface area contributed by atoms with Gasteiger partial charge in [0.25, 0.3) is 9.05 Å². The topological polar surface area (TPSA) is 70.3 Å². The Labute approximate surface area is 81.0 Å². The van der Waals surface area contributed by atoms with Crippen molar-refractivity contribution >= 4 is 24.8 Å². The second-order valence-electron chi connectivity index (χ2n) is 2.79. The van der Waals surface area contributed by atoms with Crippen LogP contribution >= 0.6 is 10.7 Å². The molecule has 0 amide bonds. The lowest BCUT2D eigenvalue weighted by Gasteiger charge is -2.11. The molecule has 13 heavy (non-hydrogen) atoms. The minimum atomic E-state index is -3.77. The predicted octanol–water partition coefficient (Wildman–Crippen LogP) is 1.40. The molecule has 0 spiro atoms. The standard InChI is InChI=1S/C7H7ClN2O2S/c1-5-2-6(4-9)10-7(3-5)13(8,11)12/h2,5H,3H2,1H3/t5-/m1/s1. The van der Waals surface area contributed by atoms with Crippen LogP contribution in [0.5, 0.6) is 0 Å². The van der Waals surface area contributed by atoms with Gasteiger partial charge >= 0.3 is 0 Å². The molecule has 0 saturated carbocycles. The van der Waals surface area contributed by atoms with E-state index in [-0.39, 0.29) is 23.1 Å². The van der Waals surface area contributed by atoms with Crippen molar-refractivity contribution in [2.45, 2.75) is 13.3 Å². The van der Waals surface area contributed by atoms with E-state index in [4.69, 9.17) is 15.9 Å². The number of nitriles is 1. The van der Waals surface area contributed by atoms with Crippen molar-refractivity contribution in [2.24, 2.45) is 10.9 Å². The Kier molecular flexibility index (Phi) is 2.74. The second-order valence-corrected chi connectivity index (χ2v) is 5.35. The minimum Gasteiger partial charge on any atom is -0.229 e. The van der Waals surface area contributed by atoms with Crippen molar-refractivity contribution in [3.05, 3.63) is 11.8 Å². The monoisotopic (exact) mass is 218 g/mol. The molecule has 1 heterocycles. The van der Waals surface area contributed by atoms with E-state index < -0.39 is 9.05 Å². The first-order valence-electron chi connectivity index (χ1n) is 3.57. The van der Waals surface area contributed by atoms with E-state index in [2.05, 4.69) is 4.99 Å². The van der Waals surface area contributed by atoms with Crippen molar-refractivity contribution in [3.63, 3.8) is 0 Å². The van der Waals surface area contributed by atoms with Gasteiger partial charge in [-0.15, -0.1) is 0 Å². The Bertz CT molecular complexity index is 416. The highest BCUT2D eigenvalue weighted by Gasteiger charge is 2.22. The Morgan fingerprint density at radius 3 is 2.85 bits per heavy atom. The number of halogens is 1. The van der Waals surface area contributed by atoms with Crippen LogP contribution in [0.4, 0.5) is 0 Å². The Balaban J connectivity index is 3.12. The van der Waals surface area contributed by atoms with Gasteiger partial charge in [0.1, 0.15) is 16.8 Å². The highest BCUT2D eigenvalue weighted by atomic mass is 35.7. The highest BCUT2D eigenvalue weighted by Crippen LogP contribution is 2.20. The van der Waals surface area contributed by atoms with Gasteiger partial charge in [0.15, 0.2) is 0 Å². The summed E-state index contributed by atoms with van der Waals surface area (Å²) in [5.41, 5.74) is 0.109. The van der Waals surface area contributed by atoms with E-state index >= 15 is 0 Å². The van der Waals surface area contributed by atoms with Crippen molar-refractivity contribution in [2.75, 3.05) is 0 Å². The summed E-state index contributed by atoms with van der Waals surface area (Å²) in [4.78, 5) is 3.62. The molecule has 0 aliphatic carbocycles. The first-order valence-corrected chi connectivity index (χ1v) is 5.88. The van der Waals surface area contributed by atoms with E-state index in [1.165, 1.54) is 0 Å². The molecule has 0 unspecified atom stereocenters. The lowest BCUT2D eigenvalue weighted by Crippen LogP contribution is -2.15. The number of allylic oxidation sites excluding steroid dienone is 2. The van der Waals surface area contributed by atoms with Gasteiger partial charge in [-0.05, 0) is 12.0 Å². The first kappa shape index (κ1) is 10.2. The third-order valence-electron chi connectivity index (χ3n) is 1.58. The molecule has 6 heteroatoms. The quantitative estimate of drug-likeness (QED) is 0.577. The van der Waals surface area contributed by atoms with Crippen LogP contribution in [-0.4, -0.2) is 13.5 Å². The zero-order chi connectivity index (χ0) is 10.1. The number of aliphatic imine (C=N–C) groups is 1. The average Bonchev–Trinajstić information content (AvgIpc) is 2.01. The Hall–Kier alpha value is -0.860.